The molecule has 2 aromatic heterocycles. The summed E-state index contributed by atoms with van der Waals surface area (Å²) in [5, 5.41) is 10.6. The maximum Gasteiger partial charge on any atom is 0.285 e. The number of hydrogen-bond acceptors (Lipinski definition) is 7. The molecule has 0 fully saturated rings. The summed E-state index contributed by atoms with van der Waals surface area (Å²) in [6, 6.07) is 0. The van der Waals surface area contributed by atoms with Crippen LogP contribution >= 0.6 is 23.1 Å². The Morgan fingerprint density at radius 3 is 3.00 bits per heavy atom. The molecule has 2 heterocycles. The maximum atomic E-state index is 11.3. The van der Waals surface area contributed by atoms with E-state index in [1.54, 1.807) is 6.92 Å². The second-order valence-corrected chi connectivity index (χ2v) is 4.93. The van der Waals surface area contributed by atoms with Crippen LogP contribution < -0.4 is 16.7 Å². The minimum atomic E-state index is -0.479. The van der Waals surface area contributed by atoms with Gasteiger partial charge in [0.2, 0.25) is 0 Å². The highest BCUT2D eigenvalue weighted by molar-refractivity contribution is 7.10. The van der Waals surface area contributed by atoms with E-state index in [0.717, 1.165) is 11.3 Å². The predicted molar refractivity (Wildman–Crippen MR) is 77.0 cm³/mol. The van der Waals surface area contributed by atoms with E-state index in [1.807, 2.05) is 6.92 Å². The molecular formula is C10H11ClN6OS. The summed E-state index contributed by atoms with van der Waals surface area (Å²) >= 11 is 7.03. The number of H-pyrrole nitrogens is 1. The van der Waals surface area contributed by atoms with E-state index in [2.05, 4.69) is 25.1 Å². The Morgan fingerprint density at radius 1 is 1.63 bits per heavy atom. The number of nitrogen functional groups attached to an aromatic ring is 1. The van der Waals surface area contributed by atoms with Gasteiger partial charge in [-0.3, -0.25) is 10.2 Å². The van der Waals surface area contributed by atoms with Crippen molar-refractivity contribution in [3.8, 4) is 0 Å². The molecule has 2 aromatic rings. The number of nitrogens with two attached hydrogens (primary N) is 1. The first-order valence-corrected chi connectivity index (χ1v) is 6.41. The van der Waals surface area contributed by atoms with E-state index in [4.69, 9.17) is 17.3 Å². The largest absolute Gasteiger partial charge is 0.389 e. The third-order valence-corrected chi connectivity index (χ3v) is 3.53. The van der Waals surface area contributed by atoms with Gasteiger partial charge in [-0.1, -0.05) is 11.6 Å². The Bertz CT molecular complexity index is 672. The van der Waals surface area contributed by atoms with Crippen LogP contribution in [0.4, 0.5) is 10.7 Å². The zero-order valence-corrected chi connectivity index (χ0v) is 11.8. The van der Waals surface area contributed by atoms with Crippen molar-refractivity contribution in [3.63, 3.8) is 0 Å². The molecule has 0 aliphatic rings. The summed E-state index contributed by atoms with van der Waals surface area (Å²) in [4.78, 5) is 11.3. The standard InChI is InChI=1S/C10H11ClN6OS/c1-4(7-5(2)17-19-9(7)12)14-15-6-3-13-16-10(18)8(6)11/h3H,12H2,1-2H3,(H2,15,16,18)/b14-4-. The number of hydrogen-bond donors (Lipinski definition) is 3. The smallest absolute Gasteiger partial charge is 0.285 e. The second-order valence-electron chi connectivity index (χ2n) is 3.74. The Morgan fingerprint density at radius 2 is 2.37 bits per heavy atom. The average Bonchev–Trinajstić information content (AvgIpc) is 2.71. The molecule has 4 N–H and O–H groups in total. The SMILES string of the molecule is C/C(=N/Nc1cn[nH]c(=O)c1Cl)c1c(C)nsc1N. The Balaban J connectivity index is 2.28. The average molecular weight is 299 g/mol. The van der Waals surface area contributed by atoms with Crippen LogP contribution in [0.15, 0.2) is 16.1 Å². The molecule has 9 heteroatoms. The minimum Gasteiger partial charge on any atom is -0.389 e. The van der Waals surface area contributed by atoms with Crippen LogP contribution in [0, 0.1) is 6.92 Å². The lowest BCUT2D eigenvalue weighted by molar-refractivity contribution is 0.986. The number of nitrogens with one attached hydrogen (secondary N) is 2. The van der Waals surface area contributed by atoms with Crippen LogP contribution in [0.5, 0.6) is 0 Å². The zero-order chi connectivity index (χ0) is 14.0. The molecular weight excluding hydrogens is 288 g/mol. The number of rotatable bonds is 3. The van der Waals surface area contributed by atoms with Crippen LogP contribution in [0.3, 0.4) is 0 Å². The van der Waals surface area contributed by atoms with Gasteiger partial charge < -0.3 is 5.73 Å². The summed E-state index contributed by atoms with van der Waals surface area (Å²) in [6.07, 6.45) is 1.38. The van der Waals surface area contributed by atoms with E-state index in [-0.39, 0.29) is 5.02 Å². The molecule has 2 rings (SSSR count). The molecule has 100 valence electrons. The summed E-state index contributed by atoms with van der Waals surface area (Å²) in [6.45, 7) is 3.64. The normalized spacial score (nSPS) is 11.6. The quantitative estimate of drug-likeness (QED) is 0.589. The van der Waals surface area contributed by atoms with Crippen molar-refractivity contribution in [1.29, 1.82) is 0 Å². The van der Waals surface area contributed by atoms with Crippen molar-refractivity contribution in [2.45, 2.75) is 13.8 Å². The summed E-state index contributed by atoms with van der Waals surface area (Å²) in [5.41, 5.74) is 10.6. The number of aryl methyl sites for hydroxylation is 1. The molecule has 0 unspecified atom stereocenters. The molecule has 0 saturated heterocycles. The molecule has 0 bridgehead atoms. The molecule has 0 atom stereocenters. The first kappa shape index (κ1) is 13.5. The van der Waals surface area contributed by atoms with Gasteiger partial charge in [0.05, 0.1) is 23.2 Å². The molecule has 0 aromatic carbocycles. The lowest BCUT2D eigenvalue weighted by Crippen LogP contribution is -2.11. The number of halogens is 1. The first-order valence-electron chi connectivity index (χ1n) is 5.26. The van der Waals surface area contributed by atoms with Crippen LogP contribution in [0.2, 0.25) is 5.02 Å². The molecule has 7 nitrogen and oxygen atoms in total. The number of nitrogens with zero attached hydrogens (tertiary/aromatic N) is 3. The number of aromatic nitrogens is 3. The van der Waals surface area contributed by atoms with Crippen molar-refractivity contribution in [2.24, 2.45) is 5.10 Å². The lowest BCUT2D eigenvalue weighted by atomic mass is 10.2. The van der Waals surface area contributed by atoms with Gasteiger partial charge in [-0.05, 0) is 25.4 Å². The van der Waals surface area contributed by atoms with E-state index < -0.39 is 5.56 Å². The zero-order valence-electron chi connectivity index (χ0n) is 10.2. The maximum absolute atomic E-state index is 11.3. The van der Waals surface area contributed by atoms with Crippen molar-refractivity contribution in [1.82, 2.24) is 14.6 Å². The van der Waals surface area contributed by atoms with E-state index in [1.165, 1.54) is 17.7 Å². The summed E-state index contributed by atoms with van der Waals surface area (Å²) in [5.74, 6) is 0. The van der Waals surface area contributed by atoms with Crippen LogP contribution in [0.25, 0.3) is 0 Å². The van der Waals surface area contributed by atoms with E-state index in [9.17, 15) is 4.79 Å². The van der Waals surface area contributed by atoms with Gasteiger partial charge in [0.1, 0.15) is 15.7 Å². The third-order valence-electron chi connectivity index (χ3n) is 2.39. The minimum absolute atomic E-state index is 0.000289. The number of hydrazone groups is 1. The first-order chi connectivity index (χ1) is 9.00. The van der Waals surface area contributed by atoms with Crippen LogP contribution in [-0.4, -0.2) is 20.3 Å². The molecule has 0 aliphatic heterocycles. The fraction of sp³-hybridized carbons (Fsp3) is 0.200. The highest BCUT2D eigenvalue weighted by Gasteiger charge is 2.11. The number of anilines is 2. The topological polar surface area (TPSA) is 109 Å². The van der Waals surface area contributed by atoms with Gasteiger partial charge >= 0.3 is 0 Å². The molecule has 0 amide bonds. The Kier molecular flexibility index (Phi) is 3.82. The van der Waals surface area contributed by atoms with Crippen molar-refractivity contribution in [3.05, 3.63) is 32.8 Å². The fourth-order valence-corrected chi connectivity index (χ4v) is 2.34. The summed E-state index contributed by atoms with van der Waals surface area (Å²) in [7, 11) is 0. The van der Waals surface area contributed by atoms with Crippen LogP contribution in [0.1, 0.15) is 18.2 Å². The number of aromatic amines is 1. The Labute approximate surface area is 117 Å². The Hall–Kier alpha value is -1.93. The summed E-state index contributed by atoms with van der Waals surface area (Å²) < 4.78 is 4.14. The van der Waals surface area contributed by atoms with Crippen LogP contribution in [-0.2, 0) is 0 Å². The van der Waals surface area contributed by atoms with Gasteiger partial charge in [-0.2, -0.15) is 14.6 Å². The van der Waals surface area contributed by atoms with Gasteiger partial charge in [-0.15, -0.1) is 0 Å². The molecule has 0 spiro atoms. The lowest BCUT2D eigenvalue weighted by Gasteiger charge is -2.04. The molecule has 0 radical (unpaired) electrons. The molecule has 0 aliphatic carbocycles. The van der Waals surface area contributed by atoms with Crippen molar-refractivity contribution < 1.29 is 0 Å². The van der Waals surface area contributed by atoms with E-state index >= 15 is 0 Å². The van der Waals surface area contributed by atoms with Gasteiger partial charge in [0.25, 0.3) is 5.56 Å². The molecule has 19 heavy (non-hydrogen) atoms. The van der Waals surface area contributed by atoms with Crippen molar-refractivity contribution in [2.75, 3.05) is 11.2 Å². The van der Waals surface area contributed by atoms with Gasteiger partial charge in [0.15, 0.2) is 0 Å². The van der Waals surface area contributed by atoms with Crippen molar-refractivity contribution >= 4 is 39.5 Å². The van der Waals surface area contributed by atoms with E-state index in [0.29, 0.717) is 16.4 Å². The third kappa shape index (κ3) is 2.74. The highest BCUT2D eigenvalue weighted by Crippen LogP contribution is 2.22. The predicted octanol–water partition coefficient (Wildman–Crippen LogP) is 1.61. The second kappa shape index (κ2) is 5.37. The monoisotopic (exact) mass is 298 g/mol. The fourth-order valence-electron chi connectivity index (χ4n) is 1.49. The van der Waals surface area contributed by atoms with Gasteiger partial charge in [0, 0.05) is 0 Å². The highest BCUT2D eigenvalue weighted by atomic mass is 35.5. The van der Waals surface area contributed by atoms with Gasteiger partial charge in [-0.25, -0.2) is 5.10 Å². The molecule has 0 saturated carbocycles.